The minimum absolute atomic E-state index is 0.300. The van der Waals surface area contributed by atoms with Gasteiger partial charge in [0.05, 0.1) is 16.9 Å². The molecule has 0 aliphatic carbocycles. The van der Waals surface area contributed by atoms with Crippen molar-refractivity contribution >= 4 is 39.9 Å². The number of halogens is 2. The highest BCUT2D eigenvalue weighted by Crippen LogP contribution is 2.22. The lowest BCUT2D eigenvalue weighted by molar-refractivity contribution is 0.102. The summed E-state index contributed by atoms with van der Waals surface area (Å²) >= 11 is 1.97. The monoisotopic (exact) mass is 385 g/mol. The molecule has 20 heavy (non-hydrogen) atoms. The molecule has 1 amide bonds. The summed E-state index contributed by atoms with van der Waals surface area (Å²) in [5.41, 5.74) is 4.96. The summed E-state index contributed by atoms with van der Waals surface area (Å²) in [7, 11) is 0. The summed E-state index contributed by atoms with van der Waals surface area (Å²) < 4.78 is 13.7. The lowest BCUT2D eigenvalue weighted by atomic mass is 10.1. The lowest BCUT2D eigenvalue weighted by Crippen LogP contribution is -2.18. The normalized spacial score (nSPS) is 10.2. The van der Waals surface area contributed by atoms with Crippen LogP contribution in [0, 0.1) is 16.3 Å². The van der Waals surface area contributed by atoms with Crippen LogP contribution in [0.1, 0.15) is 15.9 Å². The zero-order valence-corrected chi connectivity index (χ0v) is 12.9. The summed E-state index contributed by atoms with van der Waals surface area (Å²) in [6.45, 7) is 1.89. The molecule has 0 aromatic heterocycles. The molecule has 2 aromatic carbocycles. The van der Waals surface area contributed by atoms with Gasteiger partial charge in [0, 0.05) is 3.57 Å². The number of nitrogen functional groups attached to an aromatic ring is 1. The van der Waals surface area contributed by atoms with Crippen LogP contribution in [-0.4, -0.2) is 5.91 Å². The van der Waals surface area contributed by atoms with Crippen molar-refractivity contribution in [1.29, 1.82) is 0 Å². The molecule has 0 heterocycles. The third-order valence-electron chi connectivity index (χ3n) is 2.75. The van der Waals surface area contributed by atoms with Crippen LogP contribution in [-0.2, 0) is 0 Å². The second kappa shape index (κ2) is 6.19. The Morgan fingerprint density at radius 3 is 2.55 bits per heavy atom. The standard InChI is InChI=1S/C14H13FIN3O/c1-8-2-4-12(19-17)10(6-8)14(20)18-13-5-3-9(15)7-11(13)16/h2-7,19H,17H2,1H3,(H,18,20). The van der Waals surface area contributed by atoms with Crippen LogP contribution in [0.3, 0.4) is 0 Å². The highest BCUT2D eigenvalue weighted by molar-refractivity contribution is 14.1. The molecule has 0 aliphatic rings. The van der Waals surface area contributed by atoms with Gasteiger partial charge in [-0.2, -0.15) is 0 Å². The van der Waals surface area contributed by atoms with Crippen molar-refractivity contribution in [1.82, 2.24) is 0 Å². The Morgan fingerprint density at radius 1 is 1.20 bits per heavy atom. The Morgan fingerprint density at radius 2 is 1.90 bits per heavy atom. The number of nitrogens with one attached hydrogen (secondary N) is 2. The number of hydrogen-bond acceptors (Lipinski definition) is 3. The number of benzene rings is 2. The van der Waals surface area contributed by atoms with Crippen molar-refractivity contribution in [3.8, 4) is 0 Å². The van der Waals surface area contributed by atoms with Crippen LogP contribution >= 0.6 is 22.6 Å². The van der Waals surface area contributed by atoms with Crippen molar-refractivity contribution in [3.05, 3.63) is 56.9 Å². The van der Waals surface area contributed by atoms with Crippen molar-refractivity contribution in [2.45, 2.75) is 6.92 Å². The highest BCUT2D eigenvalue weighted by Gasteiger charge is 2.13. The smallest absolute Gasteiger partial charge is 0.257 e. The van der Waals surface area contributed by atoms with E-state index in [1.54, 1.807) is 12.1 Å². The quantitative estimate of drug-likeness (QED) is 0.432. The van der Waals surface area contributed by atoms with E-state index in [0.29, 0.717) is 20.5 Å². The Hall–Kier alpha value is -1.67. The van der Waals surface area contributed by atoms with Gasteiger partial charge in [-0.1, -0.05) is 11.6 Å². The Bertz CT molecular complexity index is 661. The van der Waals surface area contributed by atoms with Gasteiger partial charge < -0.3 is 10.7 Å². The molecule has 0 saturated carbocycles. The van der Waals surface area contributed by atoms with Gasteiger partial charge in [0.2, 0.25) is 0 Å². The van der Waals surface area contributed by atoms with Crippen molar-refractivity contribution in [2.75, 3.05) is 10.7 Å². The fourth-order valence-corrected chi connectivity index (χ4v) is 2.36. The van der Waals surface area contributed by atoms with E-state index in [9.17, 15) is 9.18 Å². The summed E-state index contributed by atoms with van der Waals surface area (Å²) in [5, 5.41) is 2.75. The maximum atomic E-state index is 13.0. The van der Waals surface area contributed by atoms with E-state index in [1.165, 1.54) is 18.2 Å². The van der Waals surface area contributed by atoms with Gasteiger partial charge in [-0.15, -0.1) is 0 Å². The molecular formula is C14H13FIN3O. The number of rotatable bonds is 3. The first-order valence-corrected chi connectivity index (χ1v) is 6.93. The van der Waals surface area contributed by atoms with Gasteiger partial charge >= 0.3 is 0 Å². The minimum Gasteiger partial charge on any atom is -0.323 e. The molecule has 0 atom stereocenters. The molecule has 104 valence electrons. The molecule has 0 saturated heterocycles. The minimum atomic E-state index is -0.340. The van der Waals surface area contributed by atoms with E-state index in [2.05, 4.69) is 10.7 Å². The largest absolute Gasteiger partial charge is 0.323 e. The third kappa shape index (κ3) is 3.26. The van der Waals surface area contributed by atoms with Gasteiger partial charge in [0.15, 0.2) is 0 Å². The second-order valence-corrected chi connectivity index (χ2v) is 5.43. The van der Waals surface area contributed by atoms with Crippen LogP contribution in [0.25, 0.3) is 0 Å². The first-order chi connectivity index (χ1) is 9.51. The van der Waals surface area contributed by atoms with Crippen molar-refractivity contribution in [2.24, 2.45) is 5.84 Å². The molecule has 0 unspecified atom stereocenters. The van der Waals surface area contributed by atoms with Gasteiger partial charge in [-0.25, -0.2) is 4.39 Å². The molecule has 2 aromatic rings. The average Bonchev–Trinajstić information content (AvgIpc) is 2.41. The Kier molecular flexibility index (Phi) is 4.56. The van der Waals surface area contributed by atoms with E-state index in [0.717, 1.165) is 5.56 Å². The molecule has 0 radical (unpaired) electrons. The van der Waals surface area contributed by atoms with Crippen LogP contribution in [0.15, 0.2) is 36.4 Å². The summed E-state index contributed by atoms with van der Waals surface area (Å²) in [6, 6.07) is 9.51. The van der Waals surface area contributed by atoms with E-state index in [4.69, 9.17) is 5.84 Å². The molecule has 4 nitrogen and oxygen atoms in total. The van der Waals surface area contributed by atoms with Gasteiger partial charge in [-0.3, -0.25) is 10.6 Å². The molecule has 2 rings (SSSR count). The maximum Gasteiger partial charge on any atom is 0.257 e. The molecule has 0 spiro atoms. The lowest BCUT2D eigenvalue weighted by Gasteiger charge is -2.11. The average molecular weight is 385 g/mol. The molecule has 0 fully saturated rings. The Balaban J connectivity index is 2.30. The van der Waals surface area contributed by atoms with Crippen molar-refractivity contribution in [3.63, 3.8) is 0 Å². The maximum absolute atomic E-state index is 13.0. The number of nitrogens with two attached hydrogens (primary N) is 1. The number of carbonyl (C=O) groups is 1. The van der Waals surface area contributed by atoms with E-state index >= 15 is 0 Å². The number of anilines is 2. The molecule has 0 bridgehead atoms. The Labute approximate surface area is 129 Å². The van der Waals surface area contributed by atoms with E-state index in [-0.39, 0.29) is 11.7 Å². The van der Waals surface area contributed by atoms with E-state index < -0.39 is 0 Å². The first-order valence-electron chi connectivity index (χ1n) is 5.85. The topological polar surface area (TPSA) is 67.1 Å². The van der Waals surface area contributed by atoms with Crippen molar-refractivity contribution < 1.29 is 9.18 Å². The molecule has 0 aliphatic heterocycles. The fourth-order valence-electron chi connectivity index (χ4n) is 1.75. The molecular weight excluding hydrogens is 372 g/mol. The summed E-state index contributed by atoms with van der Waals surface area (Å²) in [4.78, 5) is 12.3. The number of carbonyl (C=O) groups excluding carboxylic acids is 1. The number of hydrogen-bond donors (Lipinski definition) is 3. The number of amides is 1. The van der Waals surface area contributed by atoms with E-state index in [1.807, 2.05) is 35.6 Å². The fraction of sp³-hybridized carbons (Fsp3) is 0.0714. The van der Waals surface area contributed by atoms with Crippen LogP contribution in [0.2, 0.25) is 0 Å². The van der Waals surface area contributed by atoms with Gasteiger partial charge in [0.25, 0.3) is 5.91 Å². The highest BCUT2D eigenvalue weighted by atomic mass is 127. The number of hydrazine groups is 1. The van der Waals surface area contributed by atoms with Crippen LogP contribution in [0.4, 0.5) is 15.8 Å². The van der Waals surface area contributed by atoms with Crippen LogP contribution < -0.4 is 16.6 Å². The summed E-state index contributed by atoms with van der Waals surface area (Å²) in [5.74, 6) is 4.76. The predicted molar refractivity (Wildman–Crippen MR) is 86.1 cm³/mol. The predicted octanol–water partition coefficient (Wildman–Crippen LogP) is 3.28. The zero-order valence-electron chi connectivity index (χ0n) is 10.7. The third-order valence-corrected chi connectivity index (χ3v) is 3.65. The molecule has 6 heteroatoms. The second-order valence-electron chi connectivity index (χ2n) is 4.27. The van der Waals surface area contributed by atoms with Crippen LogP contribution in [0.5, 0.6) is 0 Å². The van der Waals surface area contributed by atoms with Gasteiger partial charge in [0.1, 0.15) is 5.82 Å². The SMILES string of the molecule is Cc1ccc(NN)c(C(=O)Nc2ccc(F)cc2I)c1. The first kappa shape index (κ1) is 14.7. The number of aryl methyl sites for hydroxylation is 1. The molecule has 4 N–H and O–H groups in total. The zero-order chi connectivity index (χ0) is 14.7. The summed E-state index contributed by atoms with van der Waals surface area (Å²) in [6.07, 6.45) is 0. The van der Waals surface area contributed by atoms with Gasteiger partial charge in [-0.05, 0) is 59.8 Å².